The van der Waals surface area contributed by atoms with Crippen LogP contribution in [0, 0.1) is 0 Å². The van der Waals surface area contributed by atoms with Crippen LogP contribution in [0.5, 0.6) is 5.88 Å². The van der Waals surface area contributed by atoms with E-state index in [9.17, 15) is 13.2 Å². The second-order valence-corrected chi connectivity index (χ2v) is 6.36. The fraction of sp³-hybridized carbons (Fsp3) is 0.333. The van der Waals surface area contributed by atoms with Crippen molar-refractivity contribution in [1.29, 1.82) is 0 Å². The Hall–Kier alpha value is -2.81. The van der Waals surface area contributed by atoms with Crippen molar-refractivity contribution >= 4 is 17.3 Å². The Labute approximate surface area is 153 Å². The molecule has 1 unspecified atom stereocenters. The first-order chi connectivity index (χ1) is 13.0. The molecule has 2 N–H and O–H groups in total. The summed E-state index contributed by atoms with van der Waals surface area (Å²) in [5.74, 6) is 0.863. The molecule has 0 radical (unpaired) electrons. The van der Waals surface area contributed by atoms with Crippen LogP contribution in [-0.2, 0) is 6.18 Å². The Morgan fingerprint density at radius 3 is 2.67 bits per heavy atom. The van der Waals surface area contributed by atoms with E-state index in [4.69, 9.17) is 4.74 Å². The highest BCUT2D eigenvalue weighted by atomic mass is 19.4. The van der Waals surface area contributed by atoms with Gasteiger partial charge in [0.1, 0.15) is 6.10 Å². The zero-order valence-electron chi connectivity index (χ0n) is 14.3. The molecule has 1 aliphatic heterocycles. The van der Waals surface area contributed by atoms with Crippen LogP contribution in [0.3, 0.4) is 0 Å². The van der Waals surface area contributed by atoms with Crippen LogP contribution in [0.2, 0.25) is 0 Å². The van der Waals surface area contributed by atoms with Crippen LogP contribution < -0.4 is 15.4 Å². The summed E-state index contributed by atoms with van der Waals surface area (Å²) in [4.78, 5) is 4.36. The Morgan fingerprint density at radius 1 is 1.15 bits per heavy atom. The molecule has 27 heavy (non-hydrogen) atoms. The summed E-state index contributed by atoms with van der Waals surface area (Å²) in [5.41, 5.74) is 0.358. The molecular weight excluding hydrogens is 359 g/mol. The van der Waals surface area contributed by atoms with Gasteiger partial charge in [0.25, 0.3) is 0 Å². The predicted octanol–water partition coefficient (Wildman–Crippen LogP) is 3.62. The minimum atomic E-state index is -4.36. The number of hydrogen-bond acceptors (Lipinski definition) is 5. The van der Waals surface area contributed by atoms with E-state index in [1.807, 2.05) is 12.1 Å². The minimum Gasteiger partial charge on any atom is -0.473 e. The van der Waals surface area contributed by atoms with E-state index in [1.165, 1.54) is 12.1 Å². The maximum Gasteiger partial charge on any atom is 0.416 e. The molecule has 3 heterocycles. The molecule has 0 aliphatic carbocycles. The SMILES string of the molecule is FC(F)(F)c1ccc(Nc2nc3cccc(OC4CCCNC4)n3n2)cc1. The van der Waals surface area contributed by atoms with E-state index in [1.54, 1.807) is 10.6 Å². The second kappa shape index (κ2) is 7.07. The van der Waals surface area contributed by atoms with Crippen molar-refractivity contribution in [3.8, 4) is 5.88 Å². The molecule has 2 aromatic heterocycles. The zero-order valence-corrected chi connectivity index (χ0v) is 14.3. The number of alkyl halides is 3. The summed E-state index contributed by atoms with van der Waals surface area (Å²) in [6.45, 7) is 1.77. The summed E-state index contributed by atoms with van der Waals surface area (Å²) in [7, 11) is 0. The van der Waals surface area contributed by atoms with E-state index < -0.39 is 11.7 Å². The largest absolute Gasteiger partial charge is 0.473 e. The summed E-state index contributed by atoms with van der Waals surface area (Å²) in [5, 5.41) is 10.6. The molecule has 9 heteroatoms. The molecule has 3 aromatic rings. The molecule has 1 saturated heterocycles. The number of fused-ring (bicyclic) bond motifs is 1. The van der Waals surface area contributed by atoms with Crippen LogP contribution in [0.25, 0.3) is 5.65 Å². The maximum atomic E-state index is 12.7. The Balaban J connectivity index is 1.53. The van der Waals surface area contributed by atoms with Gasteiger partial charge in [-0.15, -0.1) is 5.10 Å². The van der Waals surface area contributed by atoms with E-state index >= 15 is 0 Å². The summed E-state index contributed by atoms with van der Waals surface area (Å²) < 4.78 is 45.6. The minimum absolute atomic E-state index is 0.0693. The number of aromatic nitrogens is 3. The van der Waals surface area contributed by atoms with Gasteiger partial charge in [-0.05, 0) is 49.7 Å². The van der Waals surface area contributed by atoms with Gasteiger partial charge in [-0.25, -0.2) is 0 Å². The molecular formula is C18H18F3N5O. The van der Waals surface area contributed by atoms with Crippen LogP contribution >= 0.6 is 0 Å². The van der Waals surface area contributed by atoms with Crippen molar-refractivity contribution in [2.45, 2.75) is 25.1 Å². The van der Waals surface area contributed by atoms with Crippen molar-refractivity contribution in [3.05, 3.63) is 48.0 Å². The Morgan fingerprint density at radius 2 is 1.96 bits per heavy atom. The van der Waals surface area contributed by atoms with Gasteiger partial charge in [0.15, 0.2) is 5.65 Å². The van der Waals surface area contributed by atoms with Gasteiger partial charge in [-0.1, -0.05) is 6.07 Å². The van der Waals surface area contributed by atoms with Crippen molar-refractivity contribution < 1.29 is 17.9 Å². The second-order valence-electron chi connectivity index (χ2n) is 6.36. The van der Waals surface area contributed by atoms with Gasteiger partial charge >= 0.3 is 6.18 Å². The smallest absolute Gasteiger partial charge is 0.416 e. The highest BCUT2D eigenvalue weighted by Gasteiger charge is 2.30. The van der Waals surface area contributed by atoms with Gasteiger partial charge in [-0.2, -0.15) is 22.7 Å². The standard InChI is InChI=1S/C18H18F3N5O/c19-18(20,21)12-6-8-13(9-7-12)23-17-24-15-4-1-5-16(26(15)25-17)27-14-3-2-10-22-11-14/h1,4-9,14,22H,2-3,10-11H2,(H,23,25). The first-order valence-corrected chi connectivity index (χ1v) is 8.66. The first-order valence-electron chi connectivity index (χ1n) is 8.66. The van der Waals surface area contributed by atoms with Crippen molar-refractivity contribution in [2.75, 3.05) is 18.4 Å². The van der Waals surface area contributed by atoms with Crippen LogP contribution in [0.15, 0.2) is 42.5 Å². The number of anilines is 2. The molecule has 4 rings (SSSR count). The number of halogens is 3. The normalized spacial score (nSPS) is 17.8. The summed E-state index contributed by atoms with van der Waals surface area (Å²) in [6, 6.07) is 10.2. The molecule has 1 aromatic carbocycles. The third kappa shape index (κ3) is 3.97. The fourth-order valence-corrected chi connectivity index (χ4v) is 2.99. The number of ether oxygens (including phenoxy) is 1. The number of rotatable bonds is 4. The van der Waals surface area contributed by atoms with Gasteiger partial charge in [0, 0.05) is 18.3 Å². The number of hydrogen-bond donors (Lipinski definition) is 2. The number of benzene rings is 1. The zero-order chi connectivity index (χ0) is 18.9. The first kappa shape index (κ1) is 17.6. The quantitative estimate of drug-likeness (QED) is 0.727. The fourth-order valence-electron chi connectivity index (χ4n) is 2.99. The average Bonchev–Trinajstić information content (AvgIpc) is 3.06. The molecule has 0 amide bonds. The van der Waals surface area contributed by atoms with E-state index in [0.29, 0.717) is 17.2 Å². The summed E-state index contributed by atoms with van der Waals surface area (Å²) >= 11 is 0. The Kier molecular flexibility index (Phi) is 4.61. The van der Waals surface area contributed by atoms with Gasteiger partial charge in [-0.3, -0.25) is 0 Å². The number of nitrogens with one attached hydrogen (secondary N) is 2. The predicted molar refractivity (Wildman–Crippen MR) is 94.2 cm³/mol. The highest BCUT2D eigenvalue weighted by molar-refractivity contribution is 5.56. The van der Waals surface area contributed by atoms with E-state index in [-0.39, 0.29) is 12.1 Å². The molecule has 1 atom stereocenters. The third-order valence-electron chi connectivity index (χ3n) is 4.33. The molecule has 0 spiro atoms. The van der Waals surface area contributed by atoms with Crippen molar-refractivity contribution in [2.24, 2.45) is 0 Å². The van der Waals surface area contributed by atoms with E-state index in [2.05, 4.69) is 20.7 Å². The highest BCUT2D eigenvalue weighted by Crippen LogP contribution is 2.30. The topological polar surface area (TPSA) is 63.5 Å². The average molecular weight is 377 g/mol. The molecule has 0 bridgehead atoms. The van der Waals surface area contributed by atoms with Gasteiger partial charge < -0.3 is 15.4 Å². The monoisotopic (exact) mass is 377 g/mol. The molecule has 142 valence electrons. The van der Waals surface area contributed by atoms with Gasteiger partial charge in [0.05, 0.1) is 5.56 Å². The van der Waals surface area contributed by atoms with E-state index in [0.717, 1.165) is 38.1 Å². The molecule has 6 nitrogen and oxygen atoms in total. The van der Waals surface area contributed by atoms with Crippen LogP contribution in [-0.4, -0.2) is 33.8 Å². The van der Waals surface area contributed by atoms with Crippen LogP contribution in [0.4, 0.5) is 24.8 Å². The molecule has 1 fully saturated rings. The van der Waals surface area contributed by atoms with Crippen LogP contribution in [0.1, 0.15) is 18.4 Å². The molecule has 1 aliphatic rings. The molecule has 0 saturated carbocycles. The lowest BCUT2D eigenvalue weighted by Crippen LogP contribution is -2.37. The maximum absolute atomic E-state index is 12.7. The third-order valence-corrected chi connectivity index (χ3v) is 4.33. The summed E-state index contributed by atoms with van der Waals surface area (Å²) in [6.07, 6.45) is -2.27. The van der Waals surface area contributed by atoms with Crippen molar-refractivity contribution in [1.82, 2.24) is 19.9 Å². The van der Waals surface area contributed by atoms with Crippen molar-refractivity contribution in [3.63, 3.8) is 0 Å². The lowest BCUT2D eigenvalue weighted by molar-refractivity contribution is -0.137. The number of nitrogens with zero attached hydrogens (tertiary/aromatic N) is 3. The Bertz CT molecular complexity index is 917. The lowest BCUT2D eigenvalue weighted by Gasteiger charge is -2.23. The van der Waals surface area contributed by atoms with Gasteiger partial charge in [0.2, 0.25) is 11.8 Å². The lowest BCUT2D eigenvalue weighted by atomic mass is 10.1. The number of pyridine rings is 1. The number of piperidine rings is 1.